The van der Waals surface area contributed by atoms with E-state index in [1.807, 2.05) is 6.92 Å². The molecule has 1 aromatic rings. The lowest BCUT2D eigenvalue weighted by atomic mass is 10.2. The molecule has 1 fully saturated rings. The van der Waals surface area contributed by atoms with Gasteiger partial charge >= 0.3 is 0 Å². The molecule has 1 heterocycles. The Kier molecular flexibility index (Phi) is 3.28. The Morgan fingerprint density at radius 3 is 2.50 bits per heavy atom. The van der Waals surface area contributed by atoms with Crippen molar-refractivity contribution in [3.05, 3.63) is 29.8 Å². The lowest BCUT2D eigenvalue weighted by Gasteiger charge is -2.04. The van der Waals surface area contributed by atoms with Crippen molar-refractivity contribution >= 4 is 10.1 Å². The molecule has 1 aliphatic heterocycles. The standard InChI is InChI=1S/C11H14O4S/c1-2-9-3-5-11(6-4-9)16(12,13)15-8-10-7-14-10/h3-6,10H,2,7-8H2,1H3/t10-/m1/s1. The molecule has 16 heavy (non-hydrogen) atoms. The molecule has 88 valence electrons. The van der Waals surface area contributed by atoms with Gasteiger partial charge in [-0.05, 0) is 24.1 Å². The molecule has 0 saturated carbocycles. The Labute approximate surface area is 95.3 Å². The first-order valence-electron chi connectivity index (χ1n) is 5.22. The average Bonchev–Trinajstić information content (AvgIpc) is 3.10. The van der Waals surface area contributed by atoms with Crippen LogP contribution in [-0.4, -0.2) is 27.7 Å². The number of epoxide rings is 1. The Morgan fingerprint density at radius 1 is 1.38 bits per heavy atom. The zero-order valence-electron chi connectivity index (χ0n) is 9.05. The fourth-order valence-corrected chi connectivity index (χ4v) is 2.23. The molecule has 1 saturated heterocycles. The maximum Gasteiger partial charge on any atom is 0.297 e. The molecular weight excluding hydrogens is 228 g/mol. The van der Waals surface area contributed by atoms with Gasteiger partial charge in [-0.1, -0.05) is 19.1 Å². The summed E-state index contributed by atoms with van der Waals surface area (Å²) in [6.45, 7) is 2.71. The Hall–Kier alpha value is -0.910. The molecule has 2 rings (SSSR count). The molecule has 0 radical (unpaired) electrons. The molecule has 0 aliphatic carbocycles. The highest BCUT2D eigenvalue weighted by Crippen LogP contribution is 2.17. The van der Waals surface area contributed by atoms with Crippen LogP contribution in [0.4, 0.5) is 0 Å². The van der Waals surface area contributed by atoms with E-state index < -0.39 is 10.1 Å². The molecule has 0 unspecified atom stereocenters. The van der Waals surface area contributed by atoms with Crippen molar-refractivity contribution in [2.75, 3.05) is 13.2 Å². The first-order valence-corrected chi connectivity index (χ1v) is 6.62. The van der Waals surface area contributed by atoms with Gasteiger partial charge in [0.25, 0.3) is 10.1 Å². The summed E-state index contributed by atoms with van der Waals surface area (Å²) in [5.74, 6) is 0. The molecule has 5 heteroatoms. The first-order chi connectivity index (χ1) is 7.62. The topological polar surface area (TPSA) is 55.9 Å². The highest BCUT2D eigenvalue weighted by Gasteiger charge is 2.26. The Balaban J connectivity index is 2.07. The monoisotopic (exact) mass is 242 g/mol. The van der Waals surface area contributed by atoms with Gasteiger partial charge in [-0.25, -0.2) is 0 Å². The van der Waals surface area contributed by atoms with Crippen molar-refractivity contribution in [3.63, 3.8) is 0 Å². The molecule has 1 aromatic carbocycles. The van der Waals surface area contributed by atoms with E-state index in [1.54, 1.807) is 24.3 Å². The minimum atomic E-state index is -3.62. The number of hydrogen-bond acceptors (Lipinski definition) is 4. The predicted molar refractivity (Wildman–Crippen MR) is 58.7 cm³/mol. The lowest BCUT2D eigenvalue weighted by molar-refractivity contribution is 0.266. The van der Waals surface area contributed by atoms with Gasteiger partial charge in [0.15, 0.2) is 0 Å². The summed E-state index contributed by atoms with van der Waals surface area (Å²) in [6, 6.07) is 6.73. The molecule has 1 aliphatic rings. The van der Waals surface area contributed by atoms with Gasteiger partial charge in [0.05, 0.1) is 18.1 Å². The second-order valence-corrected chi connectivity index (χ2v) is 5.31. The number of hydrogen-bond donors (Lipinski definition) is 0. The summed E-state index contributed by atoms with van der Waals surface area (Å²) in [4.78, 5) is 0.199. The lowest BCUT2D eigenvalue weighted by Crippen LogP contribution is -2.10. The van der Waals surface area contributed by atoms with Crippen LogP contribution in [0.25, 0.3) is 0 Å². The summed E-state index contributed by atoms with van der Waals surface area (Å²) < 4.78 is 33.1. The predicted octanol–water partition coefficient (Wildman–Crippen LogP) is 1.35. The van der Waals surface area contributed by atoms with Gasteiger partial charge < -0.3 is 4.74 Å². The van der Waals surface area contributed by atoms with Crippen LogP contribution in [-0.2, 0) is 25.5 Å². The van der Waals surface area contributed by atoms with Crippen molar-refractivity contribution in [2.24, 2.45) is 0 Å². The minimum absolute atomic E-state index is 0.0512. The molecule has 0 spiro atoms. The largest absolute Gasteiger partial charge is 0.371 e. The average molecular weight is 242 g/mol. The summed E-state index contributed by atoms with van der Waals surface area (Å²) >= 11 is 0. The van der Waals surface area contributed by atoms with Crippen molar-refractivity contribution in [1.29, 1.82) is 0 Å². The summed E-state index contributed by atoms with van der Waals surface area (Å²) in [5, 5.41) is 0. The van der Waals surface area contributed by atoms with Gasteiger partial charge in [0.2, 0.25) is 0 Å². The third-order valence-corrected chi connectivity index (χ3v) is 3.73. The van der Waals surface area contributed by atoms with E-state index in [4.69, 9.17) is 8.92 Å². The van der Waals surface area contributed by atoms with E-state index in [-0.39, 0.29) is 17.6 Å². The number of rotatable bonds is 5. The maximum absolute atomic E-state index is 11.7. The molecular formula is C11H14O4S. The third-order valence-electron chi connectivity index (χ3n) is 2.43. The zero-order valence-corrected chi connectivity index (χ0v) is 9.87. The molecule has 0 amide bonds. The Morgan fingerprint density at radius 2 is 2.00 bits per heavy atom. The third kappa shape index (κ3) is 2.81. The fraction of sp³-hybridized carbons (Fsp3) is 0.455. The van der Waals surface area contributed by atoms with Crippen LogP contribution in [0.15, 0.2) is 29.2 Å². The minimum Gasteiger partial charge on any atom is -0.371 e. The van der Waals surface area contributed by atoms with E-state index in [0.717, 1.165) is 12.0 Å². The smallest absolute Gasteiger partial charge is 0.297 e. The van der Waals surface area contributed by atoms with Crippen molar-refractivity contribution in [2.45, 2.75) is 24.3 Å². The van der Waals surface area contributed by atoms with Crippen LogP contribution in [0.5, 0.6) is 0 Å². The highest BCUT2D eigenvalue weighted by molar-refractivity contribution is 7.86. The fourth-order valence-electron chi connectivity index (χ4n) is 1.29. The number of aryl methyl sites for hydroxylation is 1. The second kappa shape index (κ2) is 4.53. The van der Waals surface area contributed by atoms with Gasteiger partial charge in [0.1, 0.15) is 6.10 Å². The van der Waals surface area contributed by atoms with Gasteiger partial charge in [-0.3, -0.25) is 4.18 Å². The number of ether oxygens (including phenoxy) is 1. The van der Waals surface area contributed by atoms with Gasteiger partial charge in [-0.15, -0.1) is 0 Å². The second-order valence-electron chi connectivity index (χ2n) is 3.69. The van der Waals surface area contributed by atoms with E-state index in [9.17, 15) is 8.42 Å². The Bertz CT molecular complexity index is 445. The zero-order chi connectivity index (χ0) is 11.6. The van der Waals surface area contributed by atoms with E-state index in [1.165, 1.54) is 0 Å². The summed E-state index contributed by atoms with van der Waals surface area (Å²) in [7, 11) is -3.62. The molecule has 0 N–H and O–H groups in total. The molecule has 1 atom stereocenters. The van der Waals surface area contributed by atoms with Crippen LogP contribution in [0, 0.1) is 0 Å². The van der Waals surface area contributed by atoms with E-state index in [2.05, 4.69) is 0 Å². The van der Waals surface area contributed by atoms with E-state index >= 15 is 0 Å². The van der Waals surface area contributed by atoms with Crippen molar-refractivity contribution in [1.82, 2.24) is 0 Å². The van der Waals surface area contributed by atoms with Crippen LogP contribution in [0.1, 0.15) is 12.5 Å². The highest BCUT2D eigenvalue weighted by atomic mass is 32.2. The normalized spacial score (nSPS) is 19.7. The van der Waals surface area contributed by atoms with Crippen LogP contribution >= 0.6 is 0 Å². The molecule has 0 bridgehead atoms. The van der Waals surface area contributed by atoms with Crippen LogP contribution in [0.2, 0.25) is 0 Å². The SMILES string of the molecule is CCc1ccc(S(=O)(=O)OC[C@H]2CO2)cc1. The molecule has 4 nitrogen and oxygen atoms in total. The maximum atomic E-state index is 11.7. The van der Waals surface area contributed by atoms with Gasteiger partial charge in [-0.2, -0.15) is 8.42 Å². The first kappa shape index (κ1) is 11.6. The van der Waals surface area contributed by atoms with Crippen molar-refractivity contribution < 1.29 is 17.3 Å². The van der Waals surface area contributed by atoms with Crippen LogP contribution in [0.3, 0.4) is 0 Å². The molecule has 0 aromatic heterocycles. The summed E-state index contributed by atoms with van der Waals surface area (Å²) in [6.07, 6.45) is 0.835. The summed E-state index contributed by atoms with van der Waals surface area (Å²) in [5.41, 5.74) is 1.10. The van der Waals surface area contributed by atoms with Gasteiger partial charge in [0, 0.05) is 0 Å². The van der Waals surface area contributed by atoms with Crippen molar-refractivity contribution in [3.8, 4) is 0 Å². The van der Waals surface area contributed by atoms with E-state index in [0.29, 0.717) is 6.61 Å². The number of benzene rings is 1. The quantitative estimate of drug-likeness (QED) is 0.577. The van der Waals surface area contributed by atoms with Crippen LogP contribution < -0.4 is 0 Å².